The summed E-state index contributed by atoms with van der Waals surface area (Å²) in [7, 11) is 1.89. The summed E-state index contributed by atoms with van der Waals surface area (Å²) in [6.45, 7) is 2.83. The second-order valence-corrected chi connectivity index (χ2v) is 5.43. The third-order valence-corrected chi connectivity index (χ3v) is 4.10. The van der Waals surface area contributed by atoms with Crippen LogP contribution in [0.5, 0.6) is 0 Å². The maximum atomic E-state index is 12.2. The minimum Gasteiger partial charge on any atom is -0.321 e. The van der Waals surface area contributed by atoms with Gasteiger partial charge in [0.2, 0.25) is 0 Å². The van der Waals surface area contributed by atoms with Gasteiger partial charge in [0.1, 0.15) is 0 Å². The summed E-state index contributed by atoms with van der Waals surface area (Å²) in [5.41, 5.74) is 1.96. The van der Waals surface area contributed by atoms with Gasteiger partial charge in [-0.25, -0.2) is 0 Å². The molecule has 2 rings (SSSR count). The van der Waals surface area contributed by atoms with Crippen molar-refractivity contribution >= 4 is 22.9 Å². The minimum atomic E-state index is -0.0340. The van der Waals surface area contributed by atoms with Gasteiger partial charge in [-0.05, 0) is 37.2 Å². The second-order valence-electron chi connectivity index (χ2n) is 4.26. The summed E-state index contributed by atoms with van der Waals surface area (Å²) >= 11 is 1.55. The molecule has 2 N–H and O–H groups in total. The van der Waals surface area contributed by atoms with Crippen molar-refractivity contribution in [1.82, 2.24) is 5.32 Å². The number of thiophene rings is 1. The maximum Gasteiger partial charge on any atom is 0.265 e. The number of amides is 1. The van der Waals surface area contributed by atoms with E-state index in [1.807, 2.05) is 43.4 Å². The van der Waals surface area contributed by atoms with E-state index in [1.165, 1.54) is 4.88 Å². The van der Waals surface area contributed by atoms with Crippen LogP contribution in [0.2, 0.25) is 0 Å². The lowest BCUT2D eigenvalue weighted by Crippen LogP contribution is -2.14. The summed E-state index contributed by atoms with van der Waals surface area (Å²) in [6, 6.07) is 11.7. The van der Waals surface area contributed by atoms with E-state index in [4.69, 9.17) is 0 Å². The van der Waals surface area contributed by atoms with Gasteiger partial charge in [-0.15, -0.1) is 11.3 Å². The third kappa shape index (κ3) is 3.43. The van der Waals surface area contributed by atoms with Gasteiger partial charge in [0, 0.05) is 17.1 Å². The van der Waals surface area contributed by atoms with E-state index >= 15 is 0 Å². The van der Waals surface area contributed by atoms with Crippen molar-refractivity contribution < 1.29 is 4.79 Å². The molecule has 0 aliphatic carbocycles. The molecule has 1 aromatic carbocycles. The van der Waals surface area contributed by atoms with Crippen molar-refractivity contribution in [2.24, 2.45) is 0 Å². The van der Waals surface area contributed by atoms with E-state index in [-0.39, 0.29) is 5.91 Å². The number of rotatable bonds is 5. The van der Waals surface area contributed by atoms with Crippen molar-refractivity contribution in [3.63, 3.8) is 0 Å². The zero-order chi connectivity index (χ0) is 13.7. The van der Waals surface area contributed by atoms with Crippen LogP contribution in [0.4, 0.5) is 5.69 Å². The van der Waals surface area contributed by atoms with Gasteiger partial charge in [-0.3, -0.25) is 4.79 Å². The molecule has 0 saturated carbocycles. The highest BCUT2D eigenvalue weighted by Crippen LogP contribution is 2.20. The summed E-state index contributed by atoms with van der Waals surface area (Å²) in [5, 5.41) is 6.08. The Morgan fingerprint density at radius 2 is 2.00 bits per heavy atom. The molecule has 0 aliphatic heterocycles. The lowest BCUT2D eigenvalue weighted by atomic mass is 10.1. The van der Waals surface area contributed by atoms with Crippen LogP contribution < -0.4 is 10.6 Å². The Hall–Kier alpha value is -1.65. The van der Waals surface area contributed by atoms with Crippen molar-refractivity contribution in [3.05, 3.63) is 51.7 Å². The largest absolute Gasteiger partial charge is 0.321 e. The average Bonchev–Trinajstić information content (AvgIpc) is 2.90. The van der Waals surface area contributed by atoms with Crippen molar-refractivity contribution in [1.29, 1.82) is 0 Å². The number of para-hydroxylation sites is 1. The summed E-state index contributed by atoms with van der Waals surface area (Å²) in [4.78, 5) is 14.2. The highest BCUT2D eigenvalue weighted by atomic mass is 32.1. The van der Waals surface area contributed by atoms with Gasteiger partial charge in [0.15, 0.2) is 0 Å². The first-order valence-corrected chi connectivity index (χ1v) is 7.18. The van der Waals surface area contributed by atoms with Crippen molar-refractivity contribution in [2.75, 3.05) is 12.4 Å². The molecule has 3 nitrogen and oxygen atoms in total. The van der Waals surface area contributed by atoms with Gasteiger partial charge in [-0.2, -0.15) is 0 Å². The molecule has 1 amide bonds. The van der Waals surface area contributed by atoms with Gasteiger partial charge in [0.05, 0.1) is 4.88 Å². The van der Waals surface area contributed by atoms with Crippen LogP contribution in [0.3, 0.4) is 0 Å². The Morgan fingerprint density at radius 3 is 2.68 bits per heavy atom. The average molecular weight is 274 g/mol. The molecule has 0 fully saturated rings. The number of anilines is 1. The summed E-state index contributed by atoms with van der Waals surface area (Å²) < 4.78 is 0. The molecule has 1 aromatic heterocycles. The zero-order valence-electron chi connectivity index (χ0n) is 11.2. The number of benzene rings is 1. The minimum absolute atomic E-state index is 0.0340. The van der Waals surface area contributed by atoms with Crippen LogP contribution in [0.25, 0.3) is 0 Å². The molecule has 0 aliphatic rings. The highest BCUT2D eigenvalue weighted by Gasteiger charge is 2.10. The Balaban J connectivity index is 2.14. The Morgan fingerprint density at radius 1 is 1.21 bits per heavy atom. The number of hydrogen-bond donors (Lipinski definition) is 2. The monoisotopic (exact) mass is 274 g/mol. The van der Waals surface area contributed by atoms with E-state index in [0.29, 0.717) is 0 Å². The first-order valence-electron chi connectivity index (χ1n) is 6.37. The Labute approximate surface area is 117 Å². The molecule has 1 heterocycles. The van der Waals surface area contributed by atoms with Gasteiger partial charge >= 0.3 is 0 Å². The van der Waals surface area contributed by atoms with E-state index in [2.05, 4.69) is 17.6 Å². The molecule has 0 radical (unpaired) electrons. The Kier molecular flexibility index (Phi) is 4.71. The van der Waals surface area contributed by atoms with Gasteiger partial charge in [0.25, 0.3) is 5.91 Å². The SMILES string of the molecule is CCc1ccc(C(=O)Nc2ccccc2CNC)s1. The predicted octanol–water partition coefficient (Wildman–Crippen LogP) is 3.28. The summed E-state index contributed by atoms with van der Waals surface area (Å²) in [6.07, 6.45) is 0.967. The number of hydrogen-bond acceptors (Lipinski definition) is 3. The highest BCUT2D eigenvalue weighted by molar-refractivity contribution is 7.14. The molecule has 2 aromatic rings. The van der Waals surface area contributed by atoms with E-state index < -0.39 is 0 Å². The van der Waals surface area contributed by atoms with Gasteiger partial charge < -0.3 is 10.6 Å². The molecule has 100 valence electrons. The standard InChI is InChI=1S/C15H18N2OS/c1-3-12-8-9-14(19-12)15(18)17-13-7-5-4-6-11(13)10-16-2/h4-9,16H,3,10H2,1-2H3,(H,17,18). The van der Waals surface area contributed by atoms with Crippen molar-refractivity contribution in [2.45, 2.75) is 19.9 Å². The molecule has 0 atom stereocenters. The van der Waals surface area contributed by atoms with Crippen LogP contribution >= 0.6 is 11.3 Å². The maximum absolute atomic E-state index is 12.2. The van der Waals surface area contributed by atoms with Crippen LogP contribution in [0, 0.1) is 0 Å². The third-order valence-electron chi connectivity index (χ3n) is 2.87. The van der Waals surface area contributed by atoms with Crippen LogP contribution in [0.15, 0.2) is 36.4 Å². The fourth-order valence-electron chi connectivity index (χ4n) is 1.86. The fraction of sp³-hybridized carbons (Fsp3) is 0.267. The quantitative estimate of drug-likeness (QED) is 0.878. The summed E-state index contributed by atoms with van der Waals surface area (Å²) in [5.74, 6) is -0.0340. The lowest BCUT2D eigenvalue weighted by molar-refractivity contribution is 0.103. The number of aryl methyl sites for hydroxylation is 1. The molecular formula is C15H18N2OS. The smallest absolute Gasteiger partial charge is 0.265 e. The van der Waals surface area contributed by atoms with E-state index in [1.54, 1.807) is 11.3 Å². The number of carbonyl (C=O) groups excluding carboxylic acids is 1. The number of carbonyl (C=O) groups is 1. The second kappa shape index (κ2) is 6.50. The molecule has 0 unspecified atom stereocenters. The molecular weight excluding hydrogens is 256 g/mol. The molecule has 0 saturated heterocycles. The number of nitrogens with one attached hydrogen (secondary N) is 2. The van der Waals surface area contributed by atoms with Crippen LogP contribution in [-0.2, 0) is 13.0 Å². The molecule has 0 bridgehead atoms. The van der Waals surface area contributed by atoms with Gasteiger partial charge in [-0.1, -0.05) is 25.1 Å². The lowest BCUT2D eigenvalue weighted by Gasteiger charge is -2.09. The first-order chi connectivity index (χ1) is 9.24. The molecule has 0 spiro atoms. The Bertz CT molecular complexity index is 563. The fourth-order valence-corrected chi connectivity index (χ4v) is 2.70. The van der Waals surface area contributed by atoms with Crippen LogP contribution in [0.1, 0.15) is 27.0 Å². The van der Waals surface area contributed by atoms with Crippen molar-refractivity contribution in [3.8, 4) is 0 Å². The predicted molar refractivity (Wildman–Crippen MR) is 80.9 cm³/mol. The first kappa shape index (κ1) is 13.8. The van der Waals surface area contributed by atoms with E-state index in [9.17, 15) is 4.79 Å². The topological polar surface area (TPSA) is 41.1 Å². The van der Waals surface area contributed by atoms with Crippen LogP contribution in [-0.4, -0.2) is 13.0 Å². The molecule has 19 heavy (non-hydrogen) atoms. The van der Waals surface area contributed by atoms with E-state index in [0.717, 1.165) is 29.1 Å². The zero-order valence-corrected chi connectivity index (χ0v) is 12.0. The normalized spacial score (nSPS) is 10.4. The molecule has 4 heteroatoms.